The lowest BCUT2D eigenvalue weighted by atomic mass is 10.1. The minimum Gasteiger partial charge on any atom is -0.457 e. The highest BCUT2D eigenvalue weighted by Crippen LogP contribution is 2.25. The molecule has 0 saturated heterocycles. The Bertz CT molecular complexity index is 610. The number of rotatable bonds is 6. The van der Waals surface area contributed by atoms with E-state index in [-0.39, 0.29) is 12.3 Å². The maximum atomic E-state index is 11.9. The lowest BCUT2D eigenvalue weighted by Crippen LogP contribution is -2.34. The van der Waals surface area contributed by atoms with E-state index in [1.807, 2.05) is 54.6 Å². The molecule has 0 saturated carbocycles. The minimum atomic E-state index is -0.486. The predicted octanol–water partition coefficient (Wildman–Crippen LogP) is 2.73. The van der Waals surface area contributed by atoms with Gasteiger partial charge in [0.2, 0.25) is 5.91 Å². The Kier molecular flexibility index (Phi) is 5.10. The first-order valence-corrected chi connectivity index (χ1v) is 6.74. The highest BCUT2D eigenvalue weighted by Gasteiger charge is 2.11. The van der Waals surface area contributed by atoms with Crippen molar-refractivity contribution in [1.29, 1.82) is 0 Å². The Morgan fingerprint density at radius 2 is 1.81 bits per heavy atom. The first-order chi connectivity index (χ1) is 10.2. The van der Waals surface area contributed by atoms with Crippen LogP contribution in [0.1, 0.15) is 12.5 Å². The standard InChI is InChI=1S/C17H17NO3/c1-13(12-19)18-17(20)11-14-7-5-6-10-16(14)21-15-8-3-2-4-9-15/h2-10,12-13H,11H2,1H3,(H,18,20)/t13-/m0/s1. The topological polar surface area (TPSA) is 55.4 Å². The monoisotopic (exact) mass is 283 g/mol. The molecule has 0 spiro atoms. The average molecular weight is 283 g/mol. The number of nitrogens with one attached hydrogen (secondary N) is 1. The van der Waals surface area contributed by atoms with E-state index in [2.05, 4.69) is 5.32 Å². The van der Waals surface area contributed by atoms with Crippen molar-refractivity contribution in [2.75, 3.05) is 0 Å². The van der Waals surface area contributed by atoms with Gasteiger partial charge in [0.25, 0.3) is 0 Å². The largest absolute Gasteiger partial charge is 0.457 e. The SMILES string of the molecule is C[C@@H](C=O)NC(=O)Cc1ccccc1Oc1ccccc1. The van der Waals surface area contributed by atoms with Gasteiger partial charge in [-0.15, -0.1) is 0 Å². The van der Waals surface area contributed by atoms with Crippen molar-refractivity contribution in [2.45, 2.75) is 19.4 Å². The van der Waals surface area contributed by atoms with E-state index in [9.17, 15) is 9.59 Å². The number of carbonyl (C=O) groups is 2. The molecule has 4 heteroatoms. The smallest absolute Gasteiger partial charge is 0.225 e. The van der Waals surface area contributed by atoms with Crippen molar-refractivity contribution < 1.29 is 14.3 Å². The number of carbonyl (C=O) groups excluding carboxylic acids is 2. The second-order valence-electron chi connectivity index (χ2n) is 4.69. The van der Waals surface area contributed by atoms with Crippen LogP contribution < -0.4 is 10.1 Å². The Morgan fingerprint density at radius 1 is 1.14 bits per heavy atom. The van der Waals surface area contributed by atoms with Gasteiger partial charge >= 0.3 is 0 Å². The molecule has 0 fully saturated rings. The molecule has 0 aliphatic heterocycles. The van der Waals surface area contributed by atoms with E-state index in [0.29, 0.717) is 17.8 Å². The molecule has 1 N–H and O–H groups in total. The molecule has 4 nitrogen and oxygen atoms in total. The maximum absolute atomic E-state index is 11.9. The van der Waals surface area contributed by atoms with Crippen LogP contribution in [0.4, 0.5) is 0 Å². The predicted molar refractivity (Wildman–Crippen MR) is 80.3 cm³/mol. The van der Waals surface area contributed by atoms with E-state index in [1.165, 1.54) is 0 Å². The van der Waals surface area contributed by atoms with E-state index < -0.39 is 6.04 Å². The molecule has 21 heavy (non-hydrogen) atoms. The number of hydrogen-bond donors (Lipinski definition) is 1. The van der Waals surface area contributed by atoms with Crippen molar-refractivity contribution in [1.82, 2.24) is 5.32 Å². The van der Waals surface area contributed by atoms with Gasteiger partial charge in [-0.2, -0.15) is 0 Å². The van der Waals surface area contributed by atoms with Crippen LogP contribution >= 0.6 is 0 Å². The summed E-state index contributed by atoms with van der Waals surface area (Å²) in [6.45, 7) is 1.64. The molecule has 0 aliphatic carbocycles. The zero-order valence-corrected chi connectivity index (χ0v) is 11.8. The second-order valence-corrected chi connectivity index (χ2v) is 4.69. The minimum absolute atomic E-state index is 0.168. The van der Waals surface area contributed by atoms with Crippen molar-refractivity contribution in [3.05, 3.63) is 60.2 Å². The third-order valence-electron chi connectivity index (χ3n) is 2.89. The Morgan fingerprint density at radius 3 is 2.52 bits per heavy atom. The number of hydrogen-bond acceptors (Lipinski definition) is 3. The fourth-order valence-electron chi connectivity index (χ4n) is 1.88. The summed E-state index contributed by atoms with van der Waals surface area (Å²) in [7, 11) is 0. The maximum Gasteiger partial charge on any atom is 0.225 e. The van der Waals surface area contributed by atoms with Crippen LogP contribution in [0.15, 0.2) is 54.6 Å². The van der Waals surface area contributed by atoms with Crippen LogP contribution in [0.3, 0.4) is 0 Å². The summed E-state index contributed by atoms with van der Waals surface area (Å²) in [5.74, 6) is 1.14. The first kappa shape index (κ1) is 14.8. The van der Waals surface area contributed by atoms with E-state index in [4.69, 9.17) is 4.74 Å². The van der Waals surface area contributed by atoms with Gasteiger partial charge in [-0.1, -0.05) is 36.4 Å². The molecule has 0 radical (unpaired) electrons. The number of amides is 1. The molecule has 0 bridgehead atoms. The van der Waals surface area contributed by atoms with E-state index in [1.54, 1.807) is 6.92 Å². The van der Waals surface area contributed by atoms with Crippen LogP contribution in [0.2, 0.25) is 0 Å². The highest BCUT2D eigenvalue weighted by atomic mass is 16.5. The van der Waals surface area contributed by atoms with Gasteiger partial charge in [0.1, 0.15) is 17.8 Å². The zero-order valence-electron chi connectivity index (χ0n) is 11.8. The summed E-state index contributed by atoms with van der Waals surface area (Å²) < 4.78 is 5.79. The van der Waals surface area contributed by atoms with Gasteiger partial charge in [0.05, 0.1) is 12.5 Å². The van der Waals surface area contributed by atoms with Crippen LogP contribution in [-0.2, 0) is 16.0 Å². The Balaban J connectivity index is 2.10. The third kappa shape index (κ3) is 4.45. The molecule has 0 unspecified atom stereocenters. The molecular weight excluding hydrogens is 266 g/mol. The molecule has 2 rings (SSSR count). The molecule has 1 atom stereocenters. The average Bonchev–Trinajstić information content (AvgIpc) is 2.50. The summed E-state index contributed by atoms with van der Waals surface area (Å²) in [6, 6.07) is 16.3. The number of para-hydroxylation sites is 2. The number of aldehydes is 1. The summed E-state index contributed by atoms with van der Waals surface area (Å²) in [5, 5.41) is 2.61. The number of benzene rings is 2. The molecule has 0 aromatic heterocycles. The molecule has 0 aliphatic rings. The first-order valence-electron chi connectivity index (χ1n) is 6.74. The lowest BCUT2D eigenvalue weighted by molar-refractivity contribution is -0.123. The lowest BCUT2D eigenvalue weighted by Gasteiger charge is -2.12. The Labute approximate surface area is 123 Å². The Hall–Kier alpha value is -2.62. The van der Waals surface area contributed by atoms with E-state index in [0.717, 1.165) is 5.56 Å². The molecule has 2 aromatic carbocycles. The van der Waals surface area contributed by atoms with Gasteiger partial charge in [-0.25, -0.2) is 0 Å². The normalized spacial score (nSPS) is 11.5. The molecular formula is C17H17NO3. The van der Waals surface area contributed by atoms with Gasteiger partial charge in [0, 0.05) is 5.56 Å². The summed E-state index contributed by atoms with van der Waals surface area (Å²) in [4.78, 5) is 22.4. The van der Waals surface area contributed by atoms with E-state index >= 15 is 0 Å². The van der Waals surface area contributed by atoms with Gasteiger partial charge in [0.15, 0.2) is 0 Å². The molecule has 108 valence electrons. The van der Waals surface area contributed by atoms with Gasteiger partial charge in [-0.05, 0) is 25.1 Å². The summed E-state index contributed by atoms with van der Waals surface area (Å²) in [6.07, 6.45) is 0.867. The number of ether oxygens (including phenoxy) is 1. The zero-order chi connectivity index (χ0) is 15.1. The quantitative estimate of drug-likeness (QED) is 0.829. The van der Waals surface area contributed by atoms with Crippen molar-refractivity contribution in [3.63, 3.8) is 0 Å². The van der Waals surface area contributed by atoms with Gasteiger partial charge in [-0.3, -0.25) is 4.79 Å². The summed E-state index contributed by atoms with van der Waals surface area (Å²) in [5.41, 5.74) is 0.775. The summed E-state index contributed by atoms with van der Waals surface area (Å²) >= 11 is 0. The van der Waals surface area contributed by atoms with Crippen LogP contribution in [0, 0.1) is 0 Å². The highest BCUT2D eigenvalue weighted by molar-refractivity contribution is 5.82. The fraction of sp³-hybridized carbons (Fsp3) is 0.176. The van der Waals surface area contributed by atoms with Crippen LogP contribution in [-0.4, -0.2) is 18.2 Å². The van der Waals surface area contributed by atoms with Crippen LogP contribution in [0.25, 0.3) is 0 Å². The van der Waals surface area contributed by atoms with Crippen LogP contribution in [0.5, 0.6) is 11.5 Å². The third-order valence-corrected chi connectivity index (χ3v) is 2.89. The van der Waals surface area contributed by atoms with Crippen molar-refractivity contribution in [2.24, 2.45) is 0 Å². The molecule has 0 heterocycles. The van der Waals surface area contributed by atoms with Crippen molar-refractivity contribution in [3.8, 4) is 11.5 Å². The fourth-order valence-corrected chi connectivity index (χ4v) is 1.88. The second kappa shape index (κ2) is 7.24. The molecule has 1 amide bonds. The molecule has 2 aromatic rings. The van der Waals surface area contributed by atoms with Gasteiger partial charge < -0.3 is 14.8 Å². The van der Waals surface area contributed by atoms with Crippen molar-refractivity contribution >= 4 is 12.2 Å².